The second-order valence-electron chi connectivity index (χ2n) is 3.58. The second kappa shape index (κ2) is 5.61. The standard InChI is InChI=1S/C9H11ClN2O5S/c1-6(5-13)11-18(16,17)9-4-7(12(14)15)2-3-8(9)10/h2-4,6,11,13H,5H2,1H3/t6-/m0/s1. The van der Waals surface area contributed by atoms with Gasteiger partial charge in [0, 0.05) is 18.2 Å². The normalized spacial score (nSPS) is 13.3. The van der Waals surface area contributed by atoms with Crippen molar-refractivity contribution in [3.05, 3.63) is 33.3 Å². The highest BCUT2D eigenvalue weighted by Gasteiger charge is 2.23. The third-order valence-electron chi connectivity index (χ3n) is 2.05. The molecule has 0 aliphatic rings. The van der Waals surface area contributed by atoms with E-state index in [2.05, 4.69) is 4.72 Å². The van der Waals surface area contributed by atoms with E-state index in [1.165, 1.54) is 6.92 Å². The predicted octanol–water partition coefficient (Wildman–Crippen LogP) is 0.907. The Morgan fingerprint density at radius 3 is 2.67 bits per heavy atom. The van der Waals surface area contributed by atoms with Crippen molar-refractivity contribution in [3.8, 4) is 0 Å². The zero-order chi connectivity index (χ0) is 13.9. The Kier molecular flexibility index (Phi) is 4.63. The van der Waals surface area contributed by atoms with Gasteiger partial charge in [0.15, 0.2) is 0 Å². The summed E-state index contributed by atoms with van der Waals surface area (Å²) in [4.78, 5) is 9.47. The van der Waals surface area contributed by atoms with Gasteiger partial charge in [-0.3, -0.25) is 10.1 Å². The first-order valence-corrected chi connectivity index (χ1v) is 6.71. The zero-order valence-electron chi connectivity index (χ0n) is 9.33. The van der Waals surface area contributed by atoms with Gasteiger partial charge in [-0.2, -0.15) is 0 Å². The largest absolute Gasteiger partial charge is 0.395 e. The number of rotatable bonds is 5. The molecular weight excluding hydrogens is 284 g/mol. The molecule has 0 fully saturated rings. The van der Waals surface area contributed by atoms with Crippen LogP contribution in [0.4, 0.5) is 5.69 Å². The minimum atomic E-state index is -4.00. The monoisotopic (exact) mass is 294 g/mol. The smallest absolute Gasteiger partial charge is 0.270 e. The number of hydrogen-bond donors (Lipinski definition) is 2. The molecule has 100 valence electrons. The number of aliphatic hydroxyl groups excluding tert-OH is 1. The van der Waals surface area contributed by atoms with Crippen LogP contribution >= 0.6 is 11.6 Å². The Hall–Kier alpha value is -1.22. The lowest BCUT2D eigenvalue weighted by Crippen LogP contribution is -2.35. The van der Waals surface area contributed by atoms with Crippen LogP contribution in [0.5, 0.6) is 0 Å². The molecule has 1 rings (SSSR count). The number of benzene rings is 1. The van der Waals surface area contributed by atoms with Gasteiger partial charge in [0.1, 0.15) is 4.90 Å². The van der Waals surface area contributed by atoms with E-state index in [0.29, 0.717) is 0 Å². The fourth-order valence-electron chi connectivity index (χ4n) is 1.18. The van der Waals surface area contributed by atoms with Gasteiger partial charge in [-0.1, -0.05) is 11.6 Å². The summed E-state index contributed by atoms with van der Waals surface area (Å²) in [5, 5.41) is 19.2. The minimum Gasteiger partial charge on any atom is -0.395 e. The van der Waals surface area contributed by atoms with Crippen molar-refractivity contribution in [3.63, 3.8) is 0 Å². The number of aliphatic hydroxyl groups is 1. The van der Waals surface area contributed by atoms with Crippen molar-refractivity contribution in [1.82, 2.24) is 4.72 Å². The maximum absolute atomic E-state index is 11.9. The fraction of sp³-hybridized carbons (Fsp3) is 0.333. The van der Waals surface area contributed by atoms with Crippen LogP contribution in [-0.4, -0.2) is 31.1 Å². The molecule has 1 aromatic rings. The maximum atomic E-state index is 11.9. The van der Waals surface area contributed by atoms with E-state index in [4.69, 9.17) is 16.7 Å². The van der Waals surface area contributed by atoms with Crippen LogP contribution in [0.1, 0.15) is 6.92 Å². The van der Waals surface area contributed by atoms with Gasteiger partial charge >= 0.3 is 0 Å². The first kappa shape index (κ1) is 14.8. The summed E-state index contributed by atoms with van der Waals surface area (Å²) >= 11 is 5.71. The lowest BCUT2D eigenvalue weighted by atomic mass is 10.3. The SMILES string of the molecule is C[C@@H](CO)NS(=O)(=O)c1cc([N+](=O)[O-])ccc1Cl. The molecule has 0 aromatic heterocycles. The van der Waals surface area contributed by atoms with Gasteiger partial charge in [-0.15, -0.1) is 0 Å². The molecule has 1 atom stereocenters. The zero-order valence-corrected chi connectivity index (χ0v) is 10.9. The Balaban J connectivity index is 3.23. The number of nitro groups is 1. The summed E-state index contributed by atoms with van der Waals surface area (Å²) in [6.45, 7) is 1.05. The highest BCUT2D eigenvalue weighted by molar-refractivity contribution is 7.89. The van der Waals surface area contributed by atoms with Gasteiger partial charge in [0.25, 0.3) is 5.69 Å². The number of nitrogens with one attached hydrogen (secondary N) is 1. The number of halogens is 1. The maximum Gasteiger partial charge on any atom is 0.270 e. The molecule has 2 N–H and O–H groups in total. The summed E-state index contributed by atoms with van der Waals surface area (Å²) in [5.74, 6) is 0. The fourth-order valence-corrected chi connectivity index (χ4v) is 2.93. The van der Waals surface area contributed by atoms with Crippen LogP contribution in [0.2, 0.25) is 5.02 Å². The molecular formula is C9H11ClN2O5S. The van der Waals surface area contributed by atoms with Crippen molar-refractivity contribution < 1.29 is 18.4 Å². The Morgan fingerprint density at radius 1 is 1.56 bits per heavy atom. The van der Waals surface area contributed by atoms with Crippen molar-refractivity contribution in [2.75, 3.05) is 6.61 Å². The minimum absolute atomic E-state index is 0.127. The number of non-ortho nitro benzene ring substituents is 1. The molecule has 0 radical (unpaired) electrons. The second-order valence-corrected chi connectivity index (χ2v) is 5.67. The van der Waals surface area contributed by atoms with Gasteiger partial charge in [0.2, 0.25) is 10.0 Å². The van der Waals surface area contributed by atoms with Gasteiger partial charge in [-0.05, 0) is 13.0 Å². The van der Waals surface area contributed by atoms with E-state index < -0.39 is 32.5 Å². The molecule has 0 aliphatic carbocycles. The number of nitrogens with zero attached hydrogens (tertiary/aromatic N) is 1. The van der Waals surface area contributed by atoms with Crippen molar-refractivity contribution in [2.24, 2.45) is 0 Å². The topological polar surface area (TPSA) is 110 Å². The van der Waals surface area contributed by atoms with Gasteiger partial charge in [0.05, 0.1) is 16.6 Å². The van der Waals surface area contributed by atoms with Gasteiger partial charge in [-0.25, -0.2) is 13.1 Å². The Labute approximate surface area is 109 Å². The molecule has 18 heavy (non-hydrogen) atoms. The lowest BCUT2D eigenvalue weighted by Gasteiger charge is -2.12. The van der Waals surface area contributed by atoms with Crippen molar-refractivity contribution in [2.45, 2.75) is 17.9 Å². The average molecular weight is 295 g/mol. The van der Waals surface area contributed by atoms with Crippen LogP contribution in [0.3, 0.4) is 0 Å². The van der Waals surface area contributed by atoms with E-state index in [9.17, 15) is 18.5 Å². The van der Waals surface area contributed by atoms with E-state index >= 15 is 0 Å². The Bertz CT molecular complexity index is 560. The first-order chi connectivity index (χ1) is 8.27. The Morgan fingerprint density at radius 2 is 2.17 bits per heavy atom. The van der Waals surface area contributed by atoms with Crippen LogP contribution in [0, 0.1) is 10.1 Å². The number of nitro benzene ring substituents is 1. The quantitative estimate of drug-likeness (QED) is 0.619. The molecule has 0 saturated carbocycles. The molecule has 1 aromatic carbocycles. The summed E-state index contributed by atoms with van der Waals surface area (Å²) in [6.07, 6.45) is 0. The van der Waals surface area contributed by atoms with Crippen LogP contribution in [0.15, 0.2) is 23.1 Å². The third-order valence-corrected chi connectivity index (χ3v) is 4.12. The number of hydrogen-bond acceptors (Lipinski definition) is 5. The predicted molar refractivity (Wildman–Crippen MR) is 65.0 cm³/mol. The molecule has 0 heterocycles. The number of sulfonamides is 1. The van der Waals surface area contributed by atoms with E-state index in [1.54, 1.807) is 0 Å². The van der Waals surface area contributed by atoms with Crippen LogP contribution in [0.25, 0.3) is 0 Å². The van der Waals surface area contributed by atoms with Crippen LogP contribution < -0.4 is 4.72 Å². The lowest BCUT2D eigenvalue weighted by molar-refractivity contribution is -0.385. The molecule has 0 saturated heterocycles. The summed E-state index contributed by atoms with van der Waals surface area (Å²) in [7, 11) is -4.00. The van der Waals surface area contributed by atoms with E-state index in [0.717, 1.165) is 18.2 Å². The molecule has 0 aliphatic heterocycles. The van der Waals surface area contributed by atoms with E-state index in [-0.39, 0.29) is 10.7 Å². The highest BCUT2D eigenvalue weighted by atomic mass is 35.5. The summed E-state index contributed by atoms with van der Waals surface area (Å²) in [5.41, 5.74) is -0.378. The van der Waals surface area contributed by atoms with Gasteiger partial charge < -0.3 is 5.11 Å². The summed E-state index contributed by atoms with van der Waals surface area (Å²) in [6, 6.07) is 2.40. The molecule has 9 heteroatoms. The first-order valence-electron chi connectivity index (χ1n) is 4.85. The molecule has 0 unspecified atom stereocenters. The van der Waals surface area contributed by atoms with Crippen molar-refractivity contribution in [1.29, 1.82) is 0 Å². The van der Waals surface area contributed by atoms with Crippen LogP contribution in [-0.2, 0) is 10.0 Å². The third kappa shape index (κ3) is 3.39. The molecule has 0 amide bonds. The van der Waals surface area contributed by atoms with Crippen molar-refractivity contribution >= 4 is 27.3 Å². The highest BCUT2D eigenvalue weighted by Crippen LogP contribution is 2.26. The average Bonchev–Trinajstić information content (AvgIpc) is 2.28. The summed E-state index contributed by atoms with van der Waals surface area (Å²) < 4.78 is 25.9. The van der Waals surface area contributed by atoms with E-state index in [1.807, 2.05) is 0 Å². The molecule has 0 bridgehead atoms. The molecule has 7 nitrogen and oxygen atoms in total. The molecule has 0 spiro atoms.